The van der Waals surface area contributed by atoms with Crippen LogP contribution in [0.15, 0.2) is 30.5 Å². The number of morpholine rings is 1. The first-order chi connectivity index (χ1) is 11.5. The lowest BCUT2D eigenvalue weighted by Gasteiger charge is -2.42. The molecular weight excluding hydrogens is 313 g/mol. The number of H-pyrrole nitrogens is 1. The maximum absolute atomic E-state index is 14.0. The van der Waals surface area contributed by atoms with E-state index >= 15 is 0 Å². The van der Waals surface area contributed by atoms with E-state index in [1.165, 1.54) is 12.3 Å². The SMILES string of the molecule is Cc1[nH]ncc1C(=O)N1CCOC(CO)(Cc2ccccc2F)C1. The molecule has 24 heavy (non-hydrogen) atoms. The highest BCUT2D eigenvalue weighted by Crippen LogP contribution is 2.25. The van der Waals surface area contributed by atoms with Crippen LogP contribution < -0.4 is 0 Å². The van der Waals surface area contributed by atoms with Gasteiger partial charge in [-0.1, -0.05) is 18.2 Å². The van der Waals surface area contributed by atoms with Crippen LogP contribution in [0.4, 0.5) is 4.39 Å². The van der Waals surface area contributed by atoms with E-state index in [0.29, 0.717) is 23.4 Å². The maximum Gasteiger partial charge on any atom is 0.257 e. The number of benzene rings is 1. The minimum Gasteiger partial charge on any atom is -0.393 e. The molecule has 0 aliphatic carbocycles. The Morgan fingerprint density at radius 1 is 1.50 bits per heavy atom. The van der Waals surface area contributed by atoms with Crippen molar-refractivity contribution >= 4 is 5.91 Å². The molecule has 1 amide bonds. The number of nitrogens with one attached hydrogen (secondary N) is 1. The molecule has 0 spiro atoms. The molecule has 1 saturated heterocycles. The lowest BCUT2D eigenvalue weighted by Crippen LogP contribution is -2.57. The molecule has 2 heterocycles. The van der Waals surface area contributed by atoms with Crippen molar-refractivity contribution in [1.29, 1.82) is 0 Å². The Kier molecular flexibility index (Phi) is 4.64. The van der Waals surface area contributed by atoms with Gasteiger partial charge in [-0.15, -0.1) is 0 Å². The molecule has 1 atom stereocenters. The molecule has 128 valence electrons. The van der Waals surface area contributed by atoms with Crippen molar-refractivity contribution in [2.24, 2.45) is 0 Å². The number of aromatic nitrogens is 2. The molecule has 1 unspecified atom stereocenters. The van der Waals surface area contributed by atoms with E-state index in [4.69, 9.17) is 4.74 Å². The smallest absolute Gasteiger partial charge is 0.257 e. The Labute approximate surface area is 139 Å². The van der Waals surface area contributed by atoms with Gasteiger partial charge in [-0.2, -0.15) is 5.10 Å². The summed E-state index contributed by atoms with van der Waals surface area (Å²) in [5, 5.41) is 16.5. The highest BCUT2D eigenvalue weighted by Gasteiger charge is 2.39. The van der Waals surface area contributed by atoms with Crippen LogP contribution in [0, 0.1) is 12.7 Å². The summed E-state index contributed by atoms with van der Waals surface area (Å²) in [4.78, 5) is 14.3. The van der Waals surface area contributed by atoms with E-state index in [0.717, 1.165) is 0 Å². The predicted octanol–water partition coefficient (Wildman–Crippen LogP) is 1.30. The number of hydrogen-bond acceptors (Lipinski definition) is 4. The Balaban J connectivity index is 1.81. The quantitative estimate of drug-likeness (QED) is 0.884. The number of aliphatic hydroxyl groups excluding tert-OH is 1. The van der Waals surface area contributed by atoms with Crippen molar-refractivity contribution in [3.8, 4) is 0 Å². The molecule has 2 N–H and O–H groups in total. The van der Waals surface area contributed by atoms with Crippen molar-refractivity contribution in [2.75, 3.05) is 26.3 Å². The Hall–Kier alpha value is -2.25. The number of aliphatic hydroxyl groups is 1. The van der Waals surface area contributed by atoms with Gasteiger partial charge in [-0.3, -0.25) is 9.89 Å². The van der Waals surface area contributed by atoms with E-state index in [2.05, 4.69) is 10.2 Å². The van der Waals surface area contributed by atoms with Crippen LogP contribution in [-0.2, 0) is 11.2 Å². The standard InChI is InChI=1S/C17H20FN3O3/c1-12-14(9-19-20-12)16(23)21-6-7-24-17(10-21,11-22)8-13-4-2-3-5-15(13)18/h2-5,9,22H,6-8,10-11H2,1H3,(H,19,20). The zero-order chi connectivity index (χ0) is 17.2. The number of aromatic amines is 1. The van der Waals surface area contributed by atoms with Crippen molar-refractivity contribution < 1.29 is 19.0 Å². The van der Waals surface area contributed by atoms with Crippen LogP contribution in [0.2, 0.25) is 0 Å². The second-order valence-corrected chi connectivity index (χ2v) is 6.09. The number of rotatable bonds is 4. The minimum absolute atomic E-state index is 0.170. The van der Waals surface area contributed by atoms with E-state index in [1.54, 1.807) is 30.0 Å². The number of nitrogens with zero attached hydrogens (tertiary/aromatic N) is 2. The highest BCUT2D eigenvalue weighted by atomic mass is 19.1. The third kappa shape index (κ3) is 3.18. The minimum atomic E-state index is -1.01. The summed E-state index contributed by atoms with van der Waals surface area (Å²) in [6.45, 7) is 2.39. The highest BCUT2D eigenvalue weighted by molar-refractivity contribution is 5.95. The number of amides is 1. The lowest BCUT2D eigenvalue weighted by atomic mass is 9.92. The van der Waals surface area contributed by atoms with Gasteiger partial charge in [-0.05, 0) is 18.6 Å². The number of ether oxygens (including phenoxy) is 1. The molecule has 1 aliphatic heterocycles. The van der Waals surface area contributed by atoms with Gasteiger partial charge < -0.3 is 14.7 Å². The van der Waals surface area contributed by atoms with Crippen LogP contribution in [0.25, 0.3) is 0 Å². The first kappa shape index (κ1) is 16.6. The molecule has 6 nitrogen and oxygen atoms in total. The summed E-state index contributed by atoms with van der Waals surface area (Å²) in [5.74, 6) is -0.515. The Bertz CT molecular complexity index is 733. The van der Waals surface area contributed by atoms with E-state index in [1.807, 2.05) is 0 Å². The van der Waals surface area contributed by atoms with Crippen molar-refractivity contribution in [1.82, 2.24) is 15.1 Å². The molecule has 1 aliphatic rings. The molecule has 1 fully saturated rings. The number of aryl methyl sites for hydroxylation is 1. The Morgan fingerprint density at radius 2 is 2.29 bits per heavy atom. The summed E-state index contributed by atoms with van der Waals surface area (Å²) < 4.78 is 19.7. The van der Waals surface area contributed by atoms with E-state index in [9.17, 15) is 14.3 Å². The molecule has 1 aromatic carbocycles. The second kappa shape index (κ2) is 6.70. The molecule has 0 bridgehead atoms. The van der Waals surface area contributed by atoms with Gasteiger partial charge in [0.05, 0.1) is 31.5 Å². The largest absolute Gasteiger partial charge is 0.393 e. The van der Waals surface area contributed by atoms with Crippen LogP contribution in [0.3, 0.4) is 0 Å². The van der Waals surface area contributed by atoms with Crippen LogP contribution in [0.5, 0.6) is 0 Å². The molecule has 1 aromatic heterocycles. The maximum atomic E-state index is 14.0. The molecule has 0 radical (unpaired) electrons. The Morgan fingerprint density at radius 3 is 2.96 bits per heavy atom. The summed E-state index contributed by atoms with van der Waals surface area (Å²) in [6.07, 6.45) is 1.69. The average molecular weight is 333 g/mol. The average Bonchev–Trinajstić information content (AvgIpc) is 3.02. The van der Waals surface area contributed by atoms with Gasteiger partial charge >= 0.3 is 0 Å². The van der Waals surface area contributed by atoms with Gasteiger partial charge in [0.25, 0.3) is 5.91 Å². The van der Waals surface area contributed by atoms with Crippen molar-refractivity contribution in [2.45, 2.75) is 18.9 Å². The fourth-order valence-corrected chi connectivity index (χ4v) is 3.00. The topological polar surface area (TPSA) is 78.5 Å². The monoisotopic (exact) mass is 333 g/mol. The van der Waals surface area contributed by atoms with Gasteiger partial charge in [0, 0.05) is 18.7 Å². The van der Waals surface area contributed by atoms with Gasteiger partial charge in [-0.25, -0.2) is 4.39 Å². The molecule has 3 rings (SSSR count). The van der Waals surface area contributed by atoms with Crippen LogP contribution in [-0.4, -0.2) is 58.0 Å². The van der Waals surface area contributed by atoms with Crippen molar-refractivity contribution in [3.63, 3.8) is 0 Å². The predicted molar refractivity (Wildman–Crippen MR) is 85.1 cm³/mol. The molecule has 7 heteroatoms. The summed E-state index contributed by atoms with van der Waals surface area (Å²) in [5.41, 5.74) is 0.637. The fraction of sp³-hybridized carbons (Fsp3) is 0.412. The van der Waals surface area contributed by atoms with Gasteiger partial charge in [0.1, 0.15) is 11.4 Å². The lowest BCUT2D eigenvalue weighted by molar-refractivity contribution is -0.123. The summed E-state index contributed by atoms with van der Waals surface area (Å²) in [6, 6.07) is 6.39. The number of hydrogen-bond donors (Lipinski definition) is 2. The number of carbonyl (C=O) groups is 1. The fourth-order valence-electron chi connectivity index (χ4n) is 3.00. The number of halogens is 1. The van der Waals surface area contributed by atoms with Gasteiger partial charge in [0.2, 0.25) is 0 Å². The summed E-state index contributed by atoms with van der Waals surface area (Å²) >= 11 is 0. The third-order valence-electron chi connectivity index (χ3n) is 4.35. The zero-order valence-corrected chi connectivity index (χ0v) is 13.5. The first-order valence-corrected chi connectivity index (χ1v) is 7.82. The van der Waals surface area contributed by atoms with Crippen LogP contribution in [0.1, 0.15) is 21.6 Å². The normalized spacial score (nSPS) is 21.0. The number of carbonyl (C=O) groups excluding carboxylic acids is 1. The first-order valence-electron chi connectivity index (χ1n) is 7.82. The molecular formula is C17H20FN3O3. The zero-order valence-electron chi connectivity index (χ0n) is 13.5. The van der Waals surface area contributed by atoms with E-state index in [-0.39, 0.29) is 37.9 Å². The molecule has 2 aromatic rings. The van der Waals surface area contributed by atoms with E-state index < -0.39 is 5.60 Å². The second-order valence-electron chi connectivity index (χ2n) is 6.09. The third-order valence-corrected chi connectivity index (χ3v) is 4.35. The molecule has 0 saturated carbocycles. The van der Waals surface area contributed by atoms with Crippen LogP contribution >= 0.6 is 0 Å². The summed E-state index contributed by atoms with van der Waals surface area (Å²) in [7, 11) is 0. The van der Waals surface area contributed by atoms with Gasteiger partial charge in [0.15, 0.2) is 0 Å². The van der Waals surface area contributed by atoms with Crippen molar-refractivity contribution in [3.05, 3.63) is 53.1 Å².